The molecule has 17 heavy (non-hydrogen) atoms. The molecular formula is C12H14N2O3. The number of aliphatic hydroxyl groups excluding tert-OH is 1. The summed E-state index contributed by atoms with van der Waals surface area (Å²) in [5, 5.41) is 9.55. The zero-order valence-electron chi connectivity index (χ0n) is 9.97. The van der Waals surface area contributed by atoms with Crippen molar-refractivity contribution in [3.05, 3.63) is 35.3 Å². The van der Waals surface area contributed by atoms with E-state index in [0.717, 1.165) is 5.56 Å². The third kappa shape index (κ3) is 2.01. The summed E-state index contributed by atoms with van der Waals surface area (Å²) in [7, 11) is 1.33. The predicted molar refractivity (Wildman–Crippen MR) is 61.9 cm³/mol. The Kier molecular flexibility index (Phi) is 2.85. The number of methoxy groups -OCH3 is 1. The number of aliphatic hydroxyl groups is 1. The Balaban J connectivity index is 2.73. The molecule has 2 aromatic heterocycles. The second-order valence-corrected chi connectivity index (χ2v) is 3.98. The van der Waals surface area contributed by atoms with E-state index in [0.29, 0.717) is 17.0 Å². The van der Waals surface area contributed by atoms with Crippen LogP contribution in [0.2, 0.25) is 0 Å². The Bertz CT molecular complexity index is 572. The molecule has 0 amide bonds. The van der Waals surface area contributed by atoms with Gasteiger partial charge in [-0.3, -0.25) is 4.40 Å². The van der Waals surface area contributed by atoms with E-state index in [1.807, 2.05) is 13.0 Å². The molecule has 1 N–H and O–H groups in total. The van der Waals surface area contributed by atoms with Gasteiger partial charge in [-0.1, -0.05) is 0 Å². The topological polar surface area (TPSA) is 63.8 Å². The molecule has 90 valence electrons. The minimum Gasteiger partial charge on any atom is -0.464 e. The average Bonchev–Trinajstić information content (AvgIpc) is 2.66. The van der Waals surface area contributed by atoms with Gasteiger partial charge in [-0.2, -0.15) is 0 Å². The first-order valence-corrected chi connectivity index (χ1v) is 5.29. The third-order valence-corrected chi connectivity index (χ3v) is 2.55. The number of rotatable bonds is 2. The fourth-order valence-electron chi connectivity index (χ4n) is 1.71. The summed E-state index contributed by atoms with van der Waals surface area (Å²) < 4.78 is 6.38. The van der Waals surface area contributed by atoms with E-state index in [1.165, 1.54) is 7.11 Å². The van der Waals surface area contributed by atoms with Gasteiger partial charge in [0.2, 0.25) is 0 Å². The summed E-state index contributed by atoms with van der Waals surface area (Å²) in [5.41, 5.74) is 2.43. The van der Waals surface area contributed by atoms with Crippen molar-refractivity contribution in [1.29, 1.82) is 0 Å². The van der Waals surface area contributed by atoms with Crippen LogP contribution in [0.5, 0.6) is 0 Å². The summed E-state index contributed by atoms with van der Waals surface area (Å²) in [4.78, 5) is 15.9. The summed E-state index contributed by atoms with van der Waals surface area (Å²) in [6.45, 7) is 3.52. The maximum atomic E-state index is 11.7. The number of esters is 1. The highest BCUT2D eigenvalue weighted by molar-refractivity contribution is 5.88. The lowest BCUT2D eigenvalue weighted by Gasteiger charge is -2.08. The van der Waals surface area contributed by atoms with Crippen LogP contribution in [0.25, 0.3) is 5.65 Å². The number of fused-ring (bicyclic) bond motifs is 1. The molecule has 1 atom stereocenters. The zero-order valence-corrected chi connectivity index (χ0v) is 9.97. The standard InChI is InChI=1S/C12H14N2O3/c1-7-4-11-13-9(8(2)15)5-10(12(16)17-3)14(11)6-7/h4-6,8,15H,1-3H3. The van der Waals surface area contributed by atoms with Crippen molar-refractivity contribution < 1.29 is 14.6 Å². The molecule has 0 aliphatic heterocycles. The number of aryl methyl sites for hydroxylation is 1. The first-order valence-electron chi connectivity index (χ1n) is 5.29. The van der Waals surface area contributed by atoms with E-state index in [9.17, 15) is 9.90 Å². The Hall–Kier alpha value is -1.88. The van der Waals surface area contributed by atoms with Gasteiger partial charge in [0.1, 0.15) is 11.3 Å². The monoisotopic (exact) mass is 234 g/mol. The number of hydrogen-bond donors (Lipinski definition) is 1. The molecule has 5 nitrogen and oxygen atoms in total. The highest BCUT2D eigenvalue weighted by Gasteiger charge is 2.15. The van der Waals surface area contributed by atoms with E-state index in [2.05, 4.69) is 4.98 Å². The van der Waals surface area contributed by atoms with Crippen LogP contribution in [-0.4, -0.2) is 27.6 Å². The van der Waals surface area contributed by atoms with Crippen LogP contribution < -0.4 is 0 Å². The van der Waals surface area contributed by atoms with Gasteiger partial charge in [-0.25, -0.2) is 9.78 Å². The Morgan fingerprint density at radius 2 is 2.24 bits per heavy atom. The molecular weight excluding hydrogens is 220 g/mol. The lowest BCUT2D eigenvalue weighted by Crippen LogP contribution is -2.11. The molecule has 5 heteroatoms. The summed E-state index contributed by atoms with van der Waals surface area (Å²) in [5.74, 6) is -0.449. The third-order valence-electron chi connectivity index (χ3n) is 2.55. The number of nitrogens with zero attached hydrogens (tertiary/aromatic N) is 2. The molecule has 2 heterocycles. The first-order chi connectivity index (χ1) is 8.02. The summed E-state index contributed by atoms with van der Waals surface area (Å²) in [6, 6.07) is 3.39. The van der Waals surface area contributed by atoms with Crippen LogP contribution in [0, 0.1) is 6.92 Å². The maximum absolute atomic E-state index is 11.7. The second kappa shape index (κ2) is 4.18. The van der Waals surface area contributed by atoms with Gasteiger partial charge in [0.15, 0.2) is 0 Å². The van der Waals surface area contributed by atoms with Crippen molar-refractivity contribution >= 4 is 11.6 Å². The van der Waals surface area contributed by atoms with Crippen molar-refractivity contribution in [2.45, 2.75) is 20.0 Å². The number of carbonyl (C=O) groups is 1. The predicted octanol–water partition coefficient (Wildman–Crippen LogP) is 1.48. The molecule has 0 spiro atoms. The molecule has 0 aliphatic rings. The van der Waals surface area contributed by atoms with Crippen LogP contribution in [0.15, 0.2) is 18.3 Å². The van der Waals surface area contributed by atoms with Crippen molar-refractivity contribution in [3.63, 3.8) is 0 Å². The fraction of sp³-hybridized carbons (Fsp3) is 0.333. The number of ether oxygens (including phenoxy) is 1. The zero-order chi connectivity index (χ0) is 12.6. The highest BCUT2D eigenvalue weighted by Crippen LogP contribution is 2.17. The summed E-state index contributed by atoms with van der Waals surface area (Å²) >= 11 is 0. The van der Waals surface area contributed by atoms with Gasteiger partial charge in [-0.05, 0) is 31.5 Å². The van der Waals surface area contributed by atoms with E-state index >= 15 is 0 Å². The number of aromatic nitrogens is 2. The van der Waals surface area contributed by atoms with Crippen LogP contribution >= 0.6 is 0 Å². The van der Waals surface area contributed by atoms with Gasteiger partial charge in [0, 0.05) is 6.20 Å². The molecule has 2 aromatic rings. The maximum Gasteiger partial charge on any atom is 0.355 e. The van der Waals surface area contributed by atoms with E-state index < -0.39 is 12.1 Å². The molecule has 0 fully saturated rings. The molecule has 0 bridgehead atoms. The van der Waals surface area contributed by atoms with Gasteiger partial charge >= 0.3 is 5.97 Å². The van der Waals surface area contributed by atoms with Gasteiger partial charge < -0.3 is 9.84 Å². The van der Waals surface area contributed by atoms with Crippen molar-refractivity contribution in [3.8, 4) is 0 Å². The molecule has 0 saturated heterocycles. The second-order valence-electron chi connectivity index (χ2n) is 3.98. The fourth-order valence-corrected chi connectivity index (χ4v) is 1.71. The number of carbonyl (C=O) groups excluding carboxylic acids is 1. The smallest absolute Gasteiger partial charge is 0.355 e. The van der Waals surface area contributed by atoms with Crippen LogP contribution in [-0.2, 0) is 4.74 Å². The molecule has 2 rings (SSSR count). The van der Waals surface area contributed by atoms with E-state index in [-0.39, 0.29) is 0 Å². The molecule has 0 aromatic carbocycles. The number of hydrogen-bond acceptors (Lipinski definition) is 4. The SMILES string of the molecule is COC(=O)c1cc(C(C)O)nc2cc(C)cn12. The average molecular weight is 234 g/mol. The first kappa shape index (κ1) is 11.6. The van der Waals surface area contributed by atoms with E-state index in [4.69, 9.17) is 4.74 Å². The lowest BCUT2D eigenvalue weighted by atomic mass is 10.2. The van der Waals surface area contributed by atoms with Crippen molar-refractivity contribution in [2.24, 2.45) is 0 Å². The van der Waals surface area contributed by atoms with Crippen LogP contribution in [0.3, 0.4) is 0 Å². The molecule has 1 unspecified atom stereocenters. The lowest BCUT2D eigenvalue weighted by molar-refractivity contribution is 0.0591. The molecule has 0 saturated carbocycles. The molecule has 0 aliphatic carbocycles. The minimum absolute atomic E-state index is 0.363. The quantitative estimate of drug-likeness (QED) is 0.799. The van der Waals surface area contributed by atoms with Crippen molar-refractivity contribution in [2.75, 3.05) is 7.11 Å². The Labute approximate surface area is 98.7 Å². The Morgan fingerprint density at radius 3 is 2.82 bits per heavy atom. The van der Waals surface area contributed by atoms with Crippen LogP contribution in [0.1, 0.15) is 34.8 Å². The van der Waals surface area contributed by atoms with Crippen molar-refractivity contribution in [1.82, 2.24) is 9.38 Å². The van der Waals surface area contributed by atoms with Gasteiger partial charge in [-0.15, -0.1) is 0 Å². The van der Waals surface area contributed by atoms with E-state index in [1.54, 1.807) is 23.6 Å². The van der Waals surface area contributed by atoms with Crippen LogP contribution in [0.4, 0.5) is 0 Å². The molecule has 0 radical (unpaired) electrons. The largest absolute Gasteiger partial charge is 0.464 e. The van der Waals surface area contributed by atoms with Gasteiger partial charge in [0.25, 0.3) is 0 Å². The minimum atomic E-state index is -0.724. The van der Waals surface area contributed by atoms with Gasteiger partial charge in [0.05, 0.1) is 18.9 Å². The normalized spacial score (nSPS) is 12.7. The Morgan fingerprint density at radius 1 is 1.53 bits per heavy atom. The summed E-state index contributed by atoms with van der Waals surface area (Å²) in [6.07, 6.45) is 1.08. The highest BCUT2D eigenvalue weighted by atomic mass is 16.5.